The Morgan fingerprint density at radius 1 is 1.04 bits per heavy atom. The van der Waals surface area contributed by atoms with Crippen LogP contribution in [0.5, 0.6) is 5.75 Å². The molecule has 0 spiro atoms. The van der Waals surface area contributed by atoms with Crippen LogP contribution < -0.4 is 10.5 Å². The number of nitrogens with two attached hydrogens (primary N) is 1. The Hall–Kier alpha value is -2.37. The molecule has 2 aromatic carbocycles. The van der Waals surface area contributed by atoms with E-state index in [1.807, 2.05) is 68.4 Å². The number of para-hydroxylation sites is 1. The summed E-state index contributed by atoms with van der Waals surface area (Å²) >= 11 is 0. The Morgan fingerprint density at radius 2 is 1.72 bits per heavy atom. The van der Waals surface area contributed by atoms with Crippen molar-refractivity contribution in [1.82, 2.24) is 10.1 Å². The van der Waals surface area contributed by atoms with Gasteiger partial charge in [-0.2, -0.15) is 4.98 Å². The van der Waals surface area contributed by atoms with Crippen LogP contribution in [0.15, 0.2) is 59.1 Å². The van der Waals surface area contributed by atoms with E-state index < -0.39 is 0 Å². The van der Waals surface area contributed by atoms with E-state index in [-0.39, 0.29) is 24.4 Å². The highest BCUT2D eigenvalue weighted by Crippen LogP contribution is 2.29. The molecule has 2 unspecified atom stereocenters. The van der Waals surface area contributed by atoms with E-state index in [0.29, 0.717) is 18.3 Å². The Labute approximate surface area is 153 Å². The molecular formula is C19H22ClN3O2. The van der Waals surface area contributed by atoms with E-state index >= 15 is 0 Å². The van der Waals surface area contributed by atoms with Crippen molar-refractivity contribution in [3.8, 4) is 17.1 Å². The molecule has 0 bridgehead atoms. The summed E-state index contributed by atoms with van der Waals surface area (Å²) in [7, 11) is 0. The Balaban J connectivity index is 0.00000225. The van der Waals surface area contributed by atoms with Gasteiger partial charge in [0.05, 0.1) is 11.5 Å². The SMILES string of the molecule is CC(N)C(C)c1nc(-c2ccccc2OCc2ccccc2)no1.Cl. The van der Waals surface area contributed by atoms with Gasteiger partial charge in [0, 0.05) is 6.04 Å². The largest absolute Gasteiger partial charge is 0.488 e. The third kappa shape index (κ3) is 4.59. The van der Waals surface area contributed by atoms with Crippen LogP contribution in [-0.4, -0.2) is 16.2 Å². The van der Waals surface area contributed by atoms with Gasteiger partial charge in [0.25, 0.3) is 0 Å². The summed E-state index contributed by atoms with van der Waals surface area (Å²) in [6, 6.07) is 17.6. The van der Waals surface area contributed by atoms with Gasteiger partial charge in [-0.15, -0.1) is 12.4 Å². The van der Waals surface area contributed by atoms with Gasteiger partial charge in [-0.1, -0.05) is 54.5 Å². The van der Waals surface area contributed by atoms with E-state index in [0.717, 1.165) is 16.9 Å². The lowest BCUT2D eigenvalue weighted by atomic mass is 10.1. The lowest BCUT2D eigenvalue weighted by Gasteiger charge is -2.10. The Kier molecular flexibility index (Phi) is 6.56. The maximum absolute atomic E-state index is 5.95. The molecule has 0 aliphatic heterocycles. The van der Waals surface area contributed by atoms with Crippen LogP contribution in [0, 0.1) is 0 Å². The third-order valence-corrected chi connectivity index (χ3v) is 3.99. The van der Waals surface area contributed by atoms with Crippen molar-refractivity contribution in [2.24, 2.45) is 5.73 Å². The molecule has 0 aliphatic rings. The van der Waals surface area contributed by atoms with Crippen LogP contribution in [0.3, 0.4) is 0 Å². The molecule has 0 amide bonds. The van der Waals surface area contributed by atoms with E-state index in [9.17, 15) is 0 Å². The summed E-state index contributed by atoms with van der Waals surface area (Å²) in [4.78, 5) is 4.48. The fourth-order valence-electron chi connectivity index (χ4n) is 2.27. The molecule has 1 heterocycles. The summed E-state index contributed by atoms with van der Waals surface area (Å²) in [5, 5.41) is 4.08. The molecule has 3 aromatic rings. The minimum atomic E-state index is -0.0529. The number of ether oxygens (including phenoxy) is 1. The number of hydrogen-bond acceptors (Lipinski definition) is 5. The third-order valence-electron chi connectivity index (χ3n) is 3.99. The van der Waals surface area contributed by atoms with Crippen LogP contribution in [0.4, 0.5) is 0 Å². The molecule has 2 atom stereocenters. The van der Waals surface area contributed by atoms with Crippen LogP contribution >= 0.6 is 12.4 Å². The van der Waals surface area contributed by atoms with E-state index in [4.69, 9.17) is 15.0 Å². The smallest absolute Gasteiger partial charge is 0.231 e. The number of benzene rings is 2. The van der Waals surface area contributed by atoms with Gasteiger partial charge in [-0.3, -0.25) is 0 Å². The summed E-state index contributed by atoms with van der Waals surface area (Å²) in [6.45, 7) is 4.38. The number of rotatable bonds is 6. The molecular weight excluding hydrogens is 338 g/mol. The van der Waals surface area contributed by atoms with E-state index in [1.54, 1.807) is 0 Å². The first-order valence-corrected chi connectivity index (χ1v) is 8.00. The maximum atomic E-state index is 5.95. The van der Waals surface area contributed by atoms with E-state index in [1.165, 1.54) is 0 Å². The fourth-order valence-corrected chi connectivity index (χ4v) is 2.27. The van der Waals surface area contributed by atoms with Crippen LogP contribution in [0.2, 0.25) is 0 Å². The molecule has 0 saturated heterocycles. The molecule has 0 fully saturated rings. The van der Waals surface area contributed by atoms with Crippen LogP contribution in [0.1, 0.15) is 31.2 Å². The Bertz CT molecular complexity index is 790. The number of nitrogens with zero attached hydrogens (tertiary/aromatic N) is 2. The molecule has 0 aliphatic carbocycles. The zero-order chi connectivity index (χ0) is 16.9. The van der Waals surface area contributed by atoms with Crippen molar-refractivity contribution < 1.29 is 9.26 Å². The van der Waals surface area contributed by atoms with E-state index in [2.05, 4.69) is 10.1 Å². The molecule has 132 valence electrons. The van der Waals surface area contributed by atoms with Gasteiger partial charge in [-0.25, -0.2) is 0 Å². The first-order chi connectivity index (χ1) is 11.6. The van der Waals surface area contributed by atoms with Crippen molar-refractivity contribution >= 4 is 12.4 Å². The zero-order valence-electron chi connectivity index (χ0n) is 14.3. The molecule has 6 heteroatoms. The molecule has 0 saturated carbocycles. The number of hydrogen-bond donors (Lipinski definition) is 1. The van der Waals surface area contributed by atoms with Crippen molar-refractivity contribution in [2.75, 3.05) is 0 Å². The lowest BCUT2D eigenvalue weighted by Crippen LogP contribution is -2.22. The average molecular weight is 360 g/mol. The van der Waals surface area contributed by atoms with Crippen molar-refractivity contribution in [1.29, 1.82) is 0 Å². The zero-order valence-corrected chi connectivity index (χ0v) is 15.1. The second-order valence-corrected chi connectivity index (χ2v) is 5.87. The minimum absolute atomic E-state index is 0. The highest BCUT2D eigenvalue weighted by Gasteiger charge is 2.20. The highest BCUT2D eigenvalue weighted by molar-refractivity contribution is 5.85. The van der Waals surface area contributed by atoms with Gasteiger partial charge < -0.3 is 15.0 Å². The average Bonchev–Trinajstić information content (AvgIpc) is 3.10. The van der Waals surface area contributed by atoms with Crippen molar-refractivity contribution in [3.63, 3.8) is 0 Å². The highest BCUT2D eigenvalue weighted by atomic mass is 35.5. The topological polar surface area (TPSA) is 74.2 Å². The predicted octanol–water partition coefficient (Wildman–Crippen LogP) is 4.19. The Morgan fingerprint density at radius 3 is 2.44 bits per heavy atom. The number of halogens is 1. The fraction of sp³-hybridized carbons (Fsp3) is 0.263. The molecule has 25 heavy (non-hydrogen) atoms. The molecule has 0 radical (unpaired) electrons. The summed E-state index contributed by atoms with van der Waals surface area (Å²) < 4.78 is 11.3. The standard InChI is InChI=1S/C19H21N3O2.ClH/c1-13(14(2)20)19-21-18(22-24-19)16-10-6-7-11-17(16)23-12-15-8-4-3-5-9-15;/h3-11,13-14H,12,20H2,1-2H3;1H. The molecule has 3 rings (SSSR count). The van der Waals surface area contributed by atoms with Crippen molar-refractivity contribution in [3.05, 3.63) is 66.1 Å². The summed E-state index contributed by atoms with van der Waals surface area (Å²) in [6.07, 6.45) is 0. The van der Waals surface area contributed by atoms with Crippen LogP contribution in [0.25, 0.3) is 11.4 Å². The monoisotopic (exact) mass is 359 g/mol. The number of aromatic nitrogens is 2. The van der Waals surface area contributed by atoms with Gasteiger partial charge >= 0.3 is 0 Å². The quantitative estimate of drug-likeness (QED) is 0.714. The maximum Gasteiger partial charge on any atom is 0.231 e. The second-order valence-electron chi connectivity index (χ2n) is 5.87. The lowest BCUT2D eigenvalue weighted by molar-refractivity contribution is 0.307. The van der Waals surface area contributed by atoms with Crippen LogP contribution in [-0.2, 0) is 6.61 Å². The second kappa shape index (κ2) is 8.65. The van der Waals surface area contributed by atoms with Gasteiger partial charge in [0.15, 0.2) is 0 Å². The first-order valence-electron chi connectivity index (χ1n) is 8.00. The van der Waals surface area contributed by atoms with Gasteiger partial charge in [0.1, 0.15) is 12.4 Å². The summed E-state index contributed by atoms with van der Waals surface area (Å²) in [5.74, 6) is 1.78. The van der Waals surface area contributed by atoms with Crippen molar-refractivity contribution in [2.45, 2.75) is 32.4 Å². The van der Waals surface area contributed by atoms with Gasteiger partial charge in [-0.05, 0) is 24.6 Å². The first kappa shape index (κ1) is 19.0. The normalized spacial score (nSPS) is 12.9. The molecule has 5 nitrogen and oxygen atoms in total. The molecule has 1 aromatic heterocycles. The molecule has 2 N–H and O–H groups in total. The predicted molar refractivity (Wildman–Crippen MR) is 99.8 cm³/mol. The minimum Gasteiger partial charge on any atom is -0.488 e. The summed E-state index contributed by atoms with van der Waals surface area (Å²) in [5.41, 5.74) is 7.81. The van der Waals surface area contributed by atoms with Gasteiger partial charge in [0.2, 0.25) is 11.7 Å².